The molecule has 0 saturated heterocycles. The first-order valence-corrected chi connectivity index (χ1v) is 8.92. The average Bonchev–Trinajstić information content (AvgIpc) is 3.04. The molecule has 132 valence electrons. The van der Waals surface area contributed by atoms with E-state index in [1.807, 2.05) is 12.1 Å². The zero-order valence-electron chi connectivity index (χ0n) is 14.4. The molecule has 0 fully saturated rings. The fourth-order valence-electron chi connectivity index (χ4n) is 2.47. The summed E-state index contributed by atoms with van der Waals surface area (Å²) in [5.41, 5.74) is 3.36. The van der Waals surface area contributed by atoms with Gasteiger partial charge in [-0.25, -0.2) is 4.98 Å². The lowest BCUT2D eigenvalue weighted by atomic mass is 10.1. The highest BCUT2D eigenvalue weighted by Gasteiger charge is 2.17. The molecule has 3 aromatic rings. The maximum Gasteiger partial charge on any atom is 0.269 e. The SMILES string of the molecule is CCc1ccc(-c2nc(C)c(C(=O)Nc3ccc([N+](=O)[O-])cc3)s2)cc1. The smallest absolute Gasteiger partial charge is 0.269 e. The van der Waals surface area contributed by atoms with E-state index in [0.29, 0.717) is 16.3 Å². The second kappa shape index (κ2) is 7.45. The van der Waals surface area contributed by atoms with E-state index in [0.717, 1.165) is 17.0 Å². The summed E-state index contributed by atoms with van der Waals surface area (Å²) in [6.07, 6.45) is 0.972. The average molecular weight is 367 g/mol. The number of non-ortho nitro benzene ring substituents is 1. The molecule has 26 heavy (non-hydrogen) atoms. The Balaban J connectivity index is 1.79. The number of nitrogens with one attached hydrogen (secondary N) is 1. The molecule has 0 aliphatic carbocycles. The van der Waals surface area contributed by atoms with Crippen LogP contribution in [0.15, 0.2) is 48.5 Å². The second-order valence-electron chi connectivity index (χ2n) is 5.74. The molecule has 6 nitrogen and oxygen atoms in total. The number of rotatable bonds is 5. The molecule has 1 aromatic heterocycles. The Morgan fingerprint density at radius 2 is 1.81 bits per heavy atom. The van der Waals surface area contributed by atoms with Crippen LogP contribution in [0.1, 0.15) is 27.9 Å². The van der Waals surface area contributed by atoms with Crippen LogP contribution in [0.5, 0.6) is 0 Å². The first-order valence-electron chi connectivity index (χ1n) is 8.10. The highest BCUT2D eigenvalue weighted by Crippen LogP contribution is 2.29. The number of hydrogen-bond acceptors (Lipinski definition) is 5. The van der Waals surface area contributed by atoms with Crippen LogP contribution in [0.2, 0.25) is 0 Å². The van der Waals surface area contributed by atoms with Crippen molar-refractivity contribution in [3.63, 3.8) is 0 Å². The van der Waals surface area contributed by atoms with E-state index in [4.69, 9.17) is 0 Å². The number of aryl methyl sites for hydroxylation is 2. The maximum atomic E-state index is 12.5. The molecule has 1 N–H and O–H groups in total. The van der Waals surface area contributed by atoms with Crippen LogP contribution in [0.3, 0.4) is 0 Å². The molecule has 0 unspecified atom stereocenters. The molecule has 1 amide bonds. The molecule has 0 aliphatic rings. The Morgan fingerprint density at radius 1 is 1.15 bits per heavy atom. The molecule has 0 spiro atoms. The fourth-order valence-corrected chi connectivity index (χ4v) is 3.43. The van der Waals surface area contributed by atoms with Crippen molar-refractivity contribution in [2.75, 3.05) is 5.32 Å². The minimum Gasteiger partial charge on any atom is -0.321 e. The summed E-state index contributed by atoms with van der Waals surface area (Å²) in [7, 11) is 0. The van der Waals surface area contributed by atoms with Crippen molar-refractivity contribution in [1.82, 2.24) is 4.98 Å². The summed E-state index contributed by atoms with van der Waals surface area (Å²) < 4.78 is 0. The molecule has 0 saturated carbocycles. The van der Waals surface area contributed by atoms with Gasteiger partial charge in [0.05, 0.1) is 10.6 Å². The maximum absolute atomic E-state index is 12.5. The number of nitro groups is 1. The zero-order chi connectivity index (χ0) is 18.7. The van der Waals surface area contributed by atoms with Gasteiger partial charge in [-0.15, -0.1) is 11.3 Å². The van der Waals surface area contributed by atoms with Crippen LogP contribution < -0.4 is 5.32 Å². The Kier molecular flexibility index (Phi) is 5.09. The number of aromatic nitrogens is 1. The van der Waals surface area contributed by atoms with Gasteiger partial charge in [0.2, 0.25) is 0 Å². The quantitative estimate of drug-likeness (QED) is 0.516. The molecule has 2 aromatic carbocycles. The van der Waals surface area contributed by atoms with E-state index in [1.165, 1.54) is 41.2 Å². The Morgan fingerprint density at radius 3 is 2.38 bits per heavy atom. The molecule has 0 atom stereocenters. The number of benzene rings is 2. The number of nitro benzene ring substituents is 1. The van der Waals surface area contributed by atoms with Gasteiger partial charge >= 0.3 is 0 Å². The summed E-state index contributed by atoms with van der Waals surface area (Å²) >= 11 is 1.33. The van der Waals surface area contributed by atoms with E-state index < -0.39 is 4.92 Å². The van der Waals surface area contributed by atoms with Gasteiger partial charge in [0, 0.05) is 23.4 Å². The first-order chi connectivity index (χ1) is 12.5. The predicted octanol–water partition coefficient (Wildman–Crippen LogP) is 4.84. The Labute approximate surface area is 154 Å². The molecular weight excluding hydrogens is 350 g/mol. The largest absolute Gasteiger partial charge is 0.321 e. The van der Waals surface area contributed by atoms with Crippen molar-refractivity contribution >= 4 is 28.6 Å². The van der Waals surface area contributed by atoms with Crippen LogP contribution in [0, 0.1) is 17.0 Å². The van der Waals surface area contributed by atoms with Gasteiger partial charge in [-0.05, 0) is 31.0 Å². The highest BCUT2D eigenvalue weighted by molar-refractivity contribution is 7.17. The van der Waals surface area contributed by atoms with E-state index in [9.17, 15) is 14.9 Å². The summed E-state index contributed by atoms with van der Waals surface area (Å²) in [5.74, 6) is -0.273. The van der Waals surface area contributed by atoms with Crippen molar-refractivity contribution in [3.8, 4) is 10.6 Å². The van der Waals surface area contributed by atoms with Crippen LogP contribution >= 0.6 is 11.3 Å². The van der Waals surface area contributed by atoms with Crippen LogP contribution in [0.25, 0.3) is 10.6 Å². The number of nitrogens with zero attached hydrogens (tertiary/aromatic N) is 2. The molecule has 0 bridgehead atoms. The van der Waals surface area contributed by atoms with Crippen molar-refractivity contribution in [1.29, 1.82) is 0 Å². The van der Waals surface area contributed by atoms with Crippen molar-refractivity contribution < 1.29 is 9.72 Å². The summed E-state index contributed by atoms with van der Waals surface area (Å²) in [4.78, 5) is 27.8. The lowest BCUT2D eigenvalue weighted by Gasteiger charge is -2.03. The van der Waals surface area contributed by atoms with Gasteiger partial charge in [0.25, 0.3) is 11.6 Å². The second-order valence-corrected chi connectivity index (χ2v) is 6.74. The minimum atomic E-state index is -0.477. The lowest BCUT2D eigenvalue weighted by molar-refractivity contribution is -0.384. The third-order valence-electron chi connectivity index (χ3n) is 3.95. The summed E-state index contributed by atoms with van der Waals surface area (Å²) in [5, 5.41) is 14.2. The van der Waals surface area contributed by atoms with E-state index in [-0.39, 0.29) is 11.6 Å². The minimum absolute atomic E-state index is 0.0187. The molecule has 3 rings (SSSR count). The van der Waals surface area contributed by atoms with Gasteiger partial charge in [-0.1, -0.05) is 31.2 Å². The van der Waals surface area contributed by atoms with Crippen LogP contribution in [-0.2, 0) is 6.42 Å². The Bertz CT molecular complexity index is 947. The van der Waals surface area contributed by atoms with E-state index >= 15 is 0 Å². The van der Waals surface area contributed by atoms with Crippen molar-refractivity contribution in [2.45, 2.75) is 20.3 Å². The third kappa shape index (κ3) is 3.78. The number of carbonyl (C=O) groups is 1. The fraction of sp³-hybridized carbons (Fsp3) is 0.158. The van der Waals surface area contributed by atoms with E-state index in [2.05, 4.69) is 29.4 Å². The number of thiazole rings is 1. The molecule has 0 radical (unpaired) electrons. The third-order valence-corrected chi connectivity index (χ3v) is 5.15. The zero-order valence-corrected chi connectivity index (χ0v) is 15.2. The van der Waals surface area contributed by atoms with Gasteiger partial charge in [-0.2, -0.15) is 0 Å². The lowest BCUT2D eigenvalue weighted by Crippen LogP contribution is -2.11. The predicted molar refractivity (Wildman–Crippen MR) is 103 cm³/mol. The number of hydrogen-bond donors (Lipinski definition) is 1. The molecule has 7 heteroatoms. The normalized spacial score (nSPS) is 10.5. The van der Waals surface area contributed by atoms with Crippen LogP contribution in [-0.4, -0.2) is 15.8 Å². The van der Waals surface area contributed by atoms with Gasteiger partial charge in [0.1, 0.15) is 9.88 Å². The molecule has 1 heterocycles. The number of carbonyl (C=O) groups excluding carboxylic acids is 1. The van der Waals surface area contributed by atoms with Gasteiger partial charge in [0.15, 0.2) is 0 Å². The highest BCUT2D eigenvalue weighted by atomic mass is 32.1. The van der Waals surface area contributed by atoms with Crippen molar-refractivity contribution in [3.05, 3.63) is 74.8 Å². The Hall–Kier alpha value is -3.06. The van der Waals surface area contributed by atoms with Gasteiger partial charge in [-0.3, -0.25) is 14.9 Å². The first kappa shape index (κ1) is 17.8. The summed E-state index contributed by atoms with van der Waals surface area (Å²) in [6.45, 7) is 3.90. The van der Waals surface area contributed by atoms with Crippen LogP contribution in [0.4, 0.5) is 11.4 Å². The molecular formula is C19H17N3O3S. The molecule has 0 aliphatic heterocycles. The number of amides is 1. The van der Waals surface area contributed by atoms with E-state index in [1.54, 1.807) is 6.92 Å². The van der Waals surface area contributed by atoms with Crippen molar-refractivity contribution in [2.24, 2.45) is 0 Å². The summed E-state index contributed by atoms with van der Waals surface area (Å²) in [6, 6.07) is 13.9. The topological polar surface area (TPSA) is 85.1 Å². The standard InChI is InChI=1S/C19H17N3O3S/c1-3-13-4-6-14(7-5-13)19-20-12(2)17(26-19)18(23)21-15-8-10-16(11-9-15)22(24)25/h4-11H,3H2,1-2H3,(H,21,23). The van der Waals surface area contributed by atoms with Gasteiger partial charge < -0.3 is 5.32 Å². The number of anilines is 1. The monoisotopic (exact) mass is 367 g/mol.